The maximum Gasteiger partial charge on any atom is 0.419 e. The first-order valence-electron chi connectivity index (χ1n) is 3.92. The number of rotatable bonds is 1. The zero-order valence-corrected chi connectivity index (χ0v) is 9.37. The van der Waals surface area contributed by atoms with E-state index in [1.165, 1.54) is 0 Å². The molecule has 0 saturated carbocycles. The fourth-order valence-electron chi connectivity index (χ4n) is 1.08. The Kier molecular flexibility index (Phi) is 3.70. The summed E-state index contributed by atoms with van der Waals surface area (Å²) in [5, 5.41) is -1.28. The van der Waals surface area contributed by atoms with E-state index in [2.05, 4.69) is 4.74 Å². The van der Waals surface area contributed by atoms with Crippen molar-refractivity contribution in [2.24, 2.45) is 0 Å². The number of ether oxygens (including phenoxy) is 1. The van der Waals surface area contributed by atoms with Gasteiger partial charge in [-0.25, -0.2) is 4.79 Å². The Balaban J connectivity index is 3.34. The summed E-state index contributed by atoms with van der Waals surface area (Å²) >= 11 is 10.8. The largest absolute Gasteiger partial charge is 0.465 e. The number of esters is 1. The summed E-state index contributed by atoms with van der Waals surface area (Å²) in [6.45, 7) is 0. The third kappa shape index (κ3) is 2.59. The van der Waals surface area contributed by atoms with Crippen LogP contribution in [0.4, 0.5) is 13.2 Å². The van der Waals surface area contributed by atoms with Crippen LogP contribution in [0.15, 0.2) is 12.1 Å². The maximum absolute atomic E-state index is 12.4. The molecule has 0 spiro atoms. The van der Waals surface area contributed by atoms with Crippen molar-refractivity contribution in [3.8, 4) is 0 Å². The van der Waals surface area contributed by atoms with E-state index in [1.54, 1.807) is 0 Å². The average Bonchev–Trinajstić information content (AvgIpc) is 2.13. The van der Waals surface area contributed by atoms with Gasteiger partial charge in [0.25, 0.3) is 0 Å². The summed E-state index contributed by atoms with van der Waals surface area (Å²) in [6.07, 6.45) is -4.66. The molecule has 0 bridgehead atoms. The Morgan fingerprint density at radius 2 is 1.69 bits per heavy atom. The van der Waals surface area contributed by atoms with Crippen LogP contribution in [0.3, 0.4) is 0 Å². The van der Waals surface area contributed by atoms with E-state index in [-0.39, 0.29) is 5.56 Å². The van der Waals surface area contributed by atoms with E-state index in [0.29, 0.717) is 0 Å². The zero-order chi connectivity index (χ0) is 12.5. The highest BCUT2D eigenvalue weighted by atomic mass is 35.5. The normalized spacial score (nSPS) is 11.4. The van der Waals surface area contributed by atoms with Crippen LogP contribution < -0.4 is 0 Å². The lowest BCUT2D eigenvalue weighted by molar-refractivity contribution is -0.137. The molecule has 0 unspecified atom stereocenters. The molecule has 7 heteroatoms. The van der Waals surface area contributed by atoms with Gasteiger partial charge in [-0.15, -0.1) is 0 Å². The highest BCUT2D eigenvalue weighted by Gasteiger charge is 2.36. The number of halogens is 5. The van der Waals surface area contributed by atoms with Crippen LogP contribution in [-0.2, 0) is 10.9 Å². The molecule has 0 aliphatic rings. The van der Waals surface area contributed by atoms with Crippen LogP contribution in [0.25, 0.3) is 0 Å². The Morgan fingerprint density at radius 3 is 2.00 bits per heavy atom. The zero-order valence-electron chi connectivity index (χ0n) is 7.86. The molecular weight excluding hydrogens is 268 g/mol. The molecule has 0 aliphatic heterocycles. The lowest BCUT2D eigenvalue weighted by Gasteiger charge is -2.11. The molecule has 1 rings (SSSR count). The third-order valence-corrected chi connectivity index (χ3v) is 2.34. The summed E-state index contributed by atoms with van der Waals surface area (Å²) in [4.78, 5) is 11.1. The van der Waals surface area contributed by atoms with Crippen molar-refractivity contribution in [1.29, 1.82) is 0 Å². The number of carbonyl (C=O) groups is 1. The van der Waals surface area contributed by atoms with Crippen LogP contribution in [0.5, 0.6) is 0 Å². The van der Waals surface area contributed by atoms with Crippen molar-refractivity contribution in [3.63, 3.8) is 0 Å². The van der Waals surface area contributed by atoms with Gasteiger partial charge in [0.1, 0.15) is 0 Å². The second-order valence-corrected chi connectivity index (χ2v) is 3.62. The molecular formula is C9H5Cl2F3O2. The van der Waals surface area contributed by atoms with Gasteiger partial charge in [-0.1, -0.05) is 23.2 Å². The molecule has 2 nitrogen and oxygen atoms in total. The van der Waals surface area contributed by atoms with Gasteiger partial charge >= 0.3 is 12.1 Å². The highest BCUT2D eigenvalue weighted by molar-refractivity contribution is 6.36. The van der Waals surface area contributed by atoms with Crippen LogP contribution in [0, 0.1) is 0 Å². The standard InChI is InChI=1S/C9H5Cl2F3O2/c1-16-8(15)4-2-5(10)7(6(11)3-4)9(12,13)14/h2-3H,1H3. The predicted octanol–water partition coefficient (Wildman–Crippen LogP) is 3.80. The molecule has 0 atom stereocenters. The van der Waals surface area contributed by atoms with Crippen molar-refractivity contribution in [2.45, 2.75) is 6.18 Å². The molecule has 0 saturated heterocycles. The lowest BCUT2D eigenvalue weighted by atomic mass is 10.1. The molecule has 0 heterocycles. The summed E-state index contributed by atoms with van der Waals surface area (Å²) in [5.74, 6) is -0.808. The lowest BCUT2D eigenvalue weighted by Crippen LogP contribution is -2.09. The SMILES string of the molecule is COC(=O)c1cc(Cl)c(C(F)(F)F)c(Cl)c1. The molecule has 16 heavy (non-hydrogen) atoms. The molecule has 88 valence electrons. The first-order valence-corrected chi connectivity index (χ1v) is 4.67. The van der Waals surface area contributed by atoms with Crippen LogP contribution in [-0.4, -0.2) is 13.1 Å². The number of hydrogen-bond donors (Lipinski definition) is 0. The Bertz CT molecular complexity index is 406. The second-order valence-electron chi connectivity index (χ2n) is 2.80. The second kappa shape index (κ2) is 4.51. The molecule has 0 amide bonds. The quantitative estimate of drug-likeness (QED) is 0.727. The highest BCUT2D eigenvalue weighted by Crippen LogP contribution is 2.40. The van der Waals surface area contributed by atoms with Gasteiger partial charge < -0.3 is 4.74 Å². The third-order valence-electron chi connectivity index (χ3n) is 1.75. The number of alkyl halides is 3. The molecule has 0 aromatic heterocycles. The van der Waals surface area contributed by atoms with Gasteiger partial charge in [-0.05, 0) is 12.1 Å². The van der Waals surface area contributed by atoms with Gasteiger partial charge in [0.15, 0.2) is 0 Å². The summed E-state index contributed by atoms with van der Waals surface area (Å²) < 4.78 is 41.7. The van der Waals surface area contributed by atoms with Crippen molar-refractivity contribution in [2.75, 3.05) is 7.11 Å². The van der Waals surface area contributed by atoms with Gasteiger partial charge in [-0.2, -0.15) is 13.2 Å². The predicted molar refractivity (Wildman–Crippen MR) is 52.8 cm³/mol. The Hall–Kier alpha value is -0.940. The molecule has 0 radical (unpaired) electrons. The fraction of sp³-hybridized carbons (Fsp3) is 0.222. The molecule has 1 aromatic carbocycles. The molecule has 1 aromatic rings. The van der Waals surface area contributed by atoms with E-state index in [4.69, 9.17) is 23.2 Å². The molecule has 0 N–H and O–H groups in total. The van der Waals surface area contributed by atoms with Crippen LogP contribution >= 0.6 is 23.2 Å². The van der Waals surface area contributed by atoms with Crippen molar-refractivity contribution in [1.82, 2.24) is 0 Å². The summed E-state index contributed by atoms with van der Waals surface area (Å²) in [6, 6.07) is 1.73. The van der Waals surface area contributed by atoms with E-state index in [9.17, 15) is 18.0 Å². The smallest absolute Gasteiger partial charge is 0.419 e. The van der Waals surface area contributed by atoms with Crippen LogP contribution in [0.1, 0.15) is 15.9 Å². The number of methoxy groups -OCH3 is 1. The van der Waals surface area contributed by atoms with E-state index < -0.39 is 27.8 Å². The van der Waals surface area contributed by atoms with E-state index in [0.717, 1.165) is 19.2 Å². The summed E-state index contributed by atoms with van der Waals surface area (Å²) in [5.41, 5.74) is -1.30. The monoisotopic (exact) mass is 272 g/mol. The first-order chi connectivity index (χ1) is 7.27. The van der Waals surface area contributed by atoms with E-state index >= 15 is 0 Å². The van der Waals surface area contributed by atoms with Crippen molar-refractivity contribution < 1.29 is 22.7 Å². The summed E-state index contributed by atoms with van der Waals surface area (Å²) in [7, 11) is 1.10. The topological polar surface area (TPSA) is 26.3 Å². The minimum atomic E-state index is -4.66. The van der Waals surface area contributed by atoms with Crippen molar-refractivity contribution in [3.05, 3.63) is 33.3 Å². The van der Waals surface area contributed by atoms with E-state index in [1.807, 2.05) is 0 Å². The minimum absolute atomic E-state index is 0.134. The number of hydrogen-bond acceptors (Lipinski definition) is 2. The Morgan fingerprint density at radius 1 is 1.25 bits per heavy atom. The molecule has 0 fully saturated rings. The van der Waals surface area contributed by atoms with Crippen LogP contribution in [0.2, 0.25) is 10.0 Å². The molecule has 0 aliphatic carbocycles. The number of carbonyl (C=O) groups excluding carboxylic acids is 1. The van der Waals surface area contributed by atoms with Gasteiger partial charge in [0.2, 0.25) is 0 Å². The number of benzene rings is 1. The average molecular weight is 273 g/mol. The minimum Gasteiger partial charge on any atom is -0.465 e. The van der Waals surface area contributed by atoms with Gasteiger partial charge in [0, 0.05) is 0 Å². The van der Waals surface area contributed by atoms with Crippen molar-refractivity contribution >= 4 is 29.2 Å². The van der Waals surface area contributed by atoms with Gasteiger partial charge in [-0.3, -0.25) is 0 Å². The fourth-order valence-corrected chi connectivity index (χ4v) is 1.78. The maximum atomic E-state index is 12.4. The first kappa shape index (κ1) is 13.1. The Labute approximate surface area is 98.9 Å². The van der Waals surface area contributed by atoms with Gasteiger partial charge in [0.05, 0.1) is 28.3 Å².